The van der Waals surface area contributed by atoms with Crippen LogP contribution < -0.4 is 5.32 Å². The van der Waals surface area contributed by atoms with Crippen LogP contribution in [0.1, 0.15) is 31.1 Å². The molecule has 0 aliphatic heterocycles. The molecular weight excluding hydrogens is 162 g/mol. The van der Waals surface area contributed by atoms with Gasteiger partial charge in [0.25, 0.3) is 0 Å². The third kappa shape index (κ3) is 2.90. The van der Waals surface area contributed by atoms with Gasteiger partial charge in [0.1, 0.15) is 0 Å². The Bertz CT molecular complexity index is 299. The van der Waals surface area contributed by atoms with Gasteiger partial charge in [0.15, 0.2) is 6.29 Å². The largest absolute Gasteiger partial charge is 0.380 e. The van der Waals surface area contributed by atoms with Crippen LogP contribution in [0.5, 0.6) is 0 Å². The van der Waals surface area contributed by atoms with Crippen LogP contribution in [0.3, 0.4) is 0 Å². The second kappa shape index (κ2) is 3.60. The summed E-state index contributed by atoms with van der Waals surface area (Å²) in [4.78, 5) is 10.7. The van der Waals surface area contributed by atoms with E-state index in [4.69, 9.17) is 0 Å². The molecule has 13 heavy (non-hydrogen) atoms. The zero-order chi connectivity index (χ0) is 9.90. The number of nitrogens with one attached hydrogen (secondary N) is 1. The van der Waals surface area contributed by atoms with E-state index in [9.17, 15) is 4.79 Å². The third-order valence-electron chi connectivity index (χ3n) is 1.60. The average molecular weight is 177 g/mol. The maximum absolute atomic E-state index is 10.7. The van der Waals surface area contributed by atoms with Gasteiger partial charge in [-0.3, -0.25) is 4.79 Å². The second-order valence-electron chi connectivity index (χ2n) is 4.08. The minimum atomic E-state index is -0.0148. The topological polar surface area (TPSA) is 29.1 Å². The van der Waals surface area contributed by atoms with Crippen LogP contribution in [0.15, 0.2) is 24.3 Å². The van der Waals surface area contributed by atoms with Gasteiger partial charge >= 0.3 is 0 Å². The van der Waals surface area contributed by atoms with Crippen molar-refractivity contribution < 1.29 is 4.79 Å². The molecule has 0 saturated heterocycles. The van der Waals surface area contributed by atoms with Crippen molar-refractivity contribution >= 4 is 12.0 Å². The van der Waals surface area contributed by atoms with Crippen molar-refractivity contribution in [3.8, 4) is 0 Å². The lowest BCUT2D eigenvalue weighted by molar-refractivity contribution is 0.112. The molecule has 0 heterocycles. The van der Waals surface area contributed by atoms with Gasteiger partial charge in [-0.1, -0.05) is 12.1 Å². The van der Waals surface area contributed by atoms with E-state index in [1.165, 1.54) is 0 Å². The highest BCUT2D eigenvalue weighted by Crippen LogP contribution is 2.17. The molecule has 2 heteroatoms. The summed E-state index contributed by atoms with van der Waals surface area (Å²) in [5, 5.41) is 3.27. The standard InChI is InChI=1S/C11H15NO/c1-11(2,3)12-10-7-5-4-6-9(10)8-13/h4-8,12H,1-3H3. The molecule has 1 aromatic rings. The van der Waals surface area contributed by atoms with Gasteiger partial charge in [0, 0.05) is 16.8 Å². The van der Waals surface area contributed by atoms with E-state index in [0.29, 0.717) is 5.56 Å². The Hall–Kier alpha value is -1.31. The van der Waals surface area contributed by atoms with E-state index in [-0.39, 0.29) is 5.54 Å². The van der Waals surface area contributed by atoms with E-state index < -0.39 is 0 Å². The monoisotopic (exact) mass is 177 g/mol. The molecule has 0 amide bonds. The number of hydrogen-bond donors (Lipinski definition) is 1. The zero-order valence-corrected chi connectivity index (χ0v) is 8.29. The van der Waals surface area contributed by atoms with Gasteiger partial charge < -0.3 is 5.32 Å². The highest BCUT2D eigenvalue weighted by molar-refractivity contribution is 5.84. The summed E-state index contributed by atoms with van der Waals surface area (Å²) in [6.07, 6.45) is 0.869. The van der Waals surface area contributed by atoms with Crippen LogP contribution in [0.4, 0.5) is 5.69 Å². The van der Waals surface area contributed by atoms with Crippen molar-refractivity contribution in [2.24, 2.45) is 0 Å². The molecule has 0 spiro atoms. The van der Waals surface area contributed by atoms with Crippen molar-refractivity contribution in [2.45, 2.75) is 26.3 Å². The normalized spacial score (nSPS) is 11.0. The minimum Gasteiger partial charge on any atom is -0.380 e. The van der Waals surface area contributed by atoms with Crippen molar-refractivity contribution in [3.05, 3.63) is 29.8 Å². The summed E-state index contributed by atoms with van der Waals surface area (Å²) < 4.78 is 0. The van der Waals surface area contributed by atoms with Crippen LogP contribution >= 0.6 is 0 Å². The predicted molar refractivity (Wildman–Crippen MR) is 55.2 cm³/mol. The predicted octanol–water partition coefficient (Wildman–Crippen LogP) is 2.71. The Kier molecular flexibility index (Phi) is 2.71. The second-order valence-corrected chi connectivity index (χ2v) is 4.08. The van der Waals surface area contributed by atoms with Crippen LogP contribution in [-0.2, 0) is 0 Å². The molecule has 0 radical (unpaired) electrons. The minimum absolute atomic E-state index is 0.0148. The number of rotatable bonds is 2. The lowest BCUT2D eigenvalue weighted by atomic mass is 10.1. The molecule has 0 fully saturated rings. The SMILES string of the molecule is CC(C)(C)Nc1ccccc1C=O. The summed E-state index contributed by atoms with van der Waals surface area (Å²) in [7, 11) is 0. The Labute approximate surface area is 79.0 Å². The van der Waals surface area contributed by atoms with E-state index in [0.717, 1.165) is 12.0 Å². The average Bonchev–Trinajstić information content (AvgIpc) is 2.02. The lowest BCUT2D eigenvalue weighted by Gasteiger charge is -2.22. The maximum Gasteiger partial charge on any atom is 0.152 e. The number of carbonyl (C=O) groups is 1. The summed E-state index contributed by atoms with van der Waals surface area (Å²) in [5.74, 6) is 0. The van der Waals surface area contributed by atoms with Crippen LogP contribution in [0.25, 0.3) is 0 Å². The van der Waals surface area contributed by atoms with Gasteiger partial charge in [-0.05, 0) is 32.9 Å². The van der Waals surface area contributed by atoms with Gasteiger partial charge in [0.05, 0.1) is 0 Å². The van der Waals surface area contributed by atoms with Crippen molar-refractivity contribution in [3.63, 3.8) is 0 Å². The molecule has 0 aliphatic rings. The molecule has 2 nitrogen and oxygen atoms in total. The number of benzene rings is 1. The smallest absolute Gasteiger partial charge is 0.152 e. The Balaban J connectivity index is 2.94. The van der Waals surface area contributed by atoms with Crippen LogP contribution in [-0.4, -0.2) is 11.8 Å². The number of hydrogen-bond acceptors (Lipinski definition) is 2. The lowest BCUT2D eigenvalue weighted by Crippen LogP contribution is -2.26. The van der Waals surface area contributed by atoms with E-state index in [1.807, 2.05) is 18.2 Å². The van der Waals surface area contributed by atoms with Crippen molar-refractivity contribution in [1.29, 1.82) is 0 Å². The molecular formula is C11H15NO. The van der Waals surface area contributed by atoms with Gasteiger partial charge in [-0.25, -0.2) is 0 Å². The molecule has 1 N–H and O–H groups in total. The molecule has 70 valence electrons. The van der Waals surface area contributed by atoms with E-state index in [1.54, 1.807) is 6.07 Å². The highest BCUT2D eigenvalue weighted by Gasteiger charge is 2.10. The summed E-state index contributed by atoms with van der Waals surface area (Å²) in [6.45, 7) is 6.19. The van der Waals surface area contributed by atoms with Gasteiger partial charge in [0.2, 0.25) is 0 Å². The maximum atomic E-state index is 10.7. The third-order valence-corrected chi connectivity index (χ3v) is 1.60. The number of para-hydroxylation sites is 1. The first-order chi connectivity index (χ1) is 6.03. The molecule has 0 aromatic heterocycles. The summed E-state index contributed by atoms with van der Waals surface area (Å²) in [6, 6.07) is 7.49. The molecule has 0 unspecified atom stereocenters. The van der Waals surface area contributed by atoms with E-state index in [2.05, 4.69) is 26.1 Å². The molecule has 0 saturated carbocycles. The van der Waals surface area contributed by atoms with E-state index >= 15 is 0 Å². The molecule has 1 rings (SSSR count). The van der Waals surface area contributed by atoms with Crippen molar-refractivity contribution in [2.75, 3.05) is 5.32 Å². The summed E-state index contributed by atoms with van der Waals surface area (Å²) in [5.41, 5.74) is 1.58. The molecule has 0 atom stereocenters. The molecule has 1 aromatic carbocycles. The van der Waals surface area contributed by atoms with Crippen LogP contribution in [0, 0.1) is 0 Å². The Morgan fingerprint density at radius 3 is 2.38 bits per heavy atom. The van der Waals surface area contributed by atoms with Gasteiger partial charge in [-0.2, -0.15) is 0 Å². The summed E-state index contributed by atoms with van der Waals surface area (Å²) >= 11 is 0. The molecule has 0 aliphatic carbocycles. The number of aldehydes is 1. The quantitative estimate of drug-likeness (QED) is 0.704. The Morgan fingerprint density at radius 2 is 1.85 bits per heavy atom. The first-order valence-electron chi connectivity index (χ1n) is 4.35. The first-order valence-corrected chi connectivity index (χ1v) is 4.35. The zero-order valence-electron chi connectivity index (χ0n) is 8.29. The van der Waals surface area contributed by atoms with Crippen molar-refractivity contribution in [1.82, 2.24) is 0 Å². The fourth-order valence-electron chi connectivity index (χ4n) is 1.12. The number of carbonyl (C=O) groups excluding carboxylic acids is 1. The highest BCUT2D eigenvalue weighted by atomic mass is 16.1. The Morgan fingerprint density at radius 1 is 1.23 bits per heavy atom. The molecule has 0 bridgehead atoms. The fourth-order valence-corrected chi connectivity index (χ4v) is 1.12. The van der Waals surface area contributed by atoms with Crippen LogP contribution in [0.2, 0.25) is 0 Å². The first kappa shape index (κ1) is 9.78. The number of anilines is 1. The van der Waals surface area contributed by atoms with Gasteiger partial charge in [-0.15, -0.1) is 0 Å². The fraction of sp³-hybridized carbons (Fsp3) is 0.364.